The molecule has 5 rings (SSSR count). The number of nitro groups is 1. The standard InChI is InChI=1S/C57H73N11O8/c1-16-67(33-34-76-51(70)57(12,55(9,10)58)54(7,8)53(5,6)56(11,50(69)75-15)37-52(2,3)4)44-29-25-43(26-30-44)64-66-47-36-48(73-13)46(35-49(47)74-14)65-63-41-23-21-40(22-24-41)60-59-38-17-19-39(20-18-38)61-62-42-27-31-45(32-28-42)68(71)72/h17-32,35-36H,16,33-34,37,58H2,1-15H3. The number of carbonyl (C=O) groups excluding carboxylic acids is 2. The van der Waals surface area contributed by atoms with Gasteiger partial charge in [0.05, 0.1) is 77.8 Å². The molecule has 0 radical (unpaired) electrons. The van der Waals surface area contributed by atoms with E-state index >= 15 is 0 Å². The van der Waals surface area contributed by atoms with Crippen LogP contribution >= 0.6 is 0 Å². The van der Waals surface area contributed by atoms with Crippen LogP contribution in [-0.2, 0) is 19.1 Å². The maximum absolute atomic E-state index is 14.5. The van der Waals surface area contributed by atoms with Crippen molar-refractivity contribution in [1.29, 1.82) is 0 Å². The Morgan fingerprint density at radius 3 is 1.26 bits per heavy atom. The highest BCUT2D eigenvalue weighted by molar-refractivity contribution is 5.81. The summed E-state index contributed by atoms with van der Waals surface area (Å²) < 4.78 is 22.9. The maximum atomic E-state index is 14.5. The first-order valence-corrected chi connectivity index (χ1v) is 24.9. The molecule has 0 amide bonds. The summed E-state index contributed by atoms with van der Waals surface area (Å²) >= 11 is 0. The summed E-state index contributed by atoms with van der Waals surface area (Å²) in [6, 6.07) is 30.7. The minimum absolute atomic E-state index is 0.0185. The van der Waals surface area contributed by atoms with Crippen LogP contribution in [0, 0.1) is 37.2 Å². The molecule has 0 heterocycles. The van der Waals surface area contributed by atoms with Gasteiger partial charge in [-0.25, -0.2) is 0 Å². The number of nitro benzene ring substituents is 1. The molecule has 0 saturated carbocycles. The van der Waals surface area contributed by atoms with Crippen molar-refractivity contribution in [3.63, 3.8) is 0 Å². The Bertz CT molecular complexity index is 2930. The maximum Gasteiger partial charge on any atom is 0.314 e. The lowest BCUT2D eigenvalue weighted by Gasteiger charge is -2.61. The topological polar surface area (TPSA) is 242 Å². The average Bonchev–Trinajstić information content (AvgIpc) is 3.39. The number of azo groups is 4. The molecule has 0 aliphatic carbocycles. The number of anilines is 1. The van der Waals surface area contributed by atoms with Crippen molar-refractivity contribution in [2.45, 2.75) is 95.0 Å². The molecule has 0 saturated heterocycles. The number of ether oxygens (including phenoxy) is 4. The van der Waals surface area contributed by atoms with Crippen LogP contribution in [0.25, 0.3) is 0 Å². The smallest absolute Gasteiger partial charge is 0.314 e. The predicted molar refractivity (Wildman–Crippen MR) is 296 cm³/mol. The summed E-state index contributed by atoms with van der Waals surface area (Å²) in [6.45, 7) is 25.0. The van der Waals surface area contributed by atoms with Crippen LogP contribution in [0.15, 0.2) is 150 Å². The van der Waals surface area contributed by atoms with E-state index in [2.05, 4.69) is 66.6 Å². The van der Waals surface area contributed by atoms with Gasteiger partial charge in [-0.1, -0.05) is 48.5 Å². The van der Waals surface area contributed by atoms with Crippen LogP contribution in [0.5, 0.6) is 11.5 Å². The van der Waals surface area contributed by atoms with Crippen LogP contribution in [0.2, 0.25) is 0 Å². The number of likely N-dealkylation sites (N-methyl/N-ethyl adjacent to an activating group) is 1. The average molecular weight is 1040 g/mol. The zero-order valence-corrected chi connectivity index (χ0v) is 46.5. The molecule has 0 bridgehead atoms. The molecule has 76 heavy (non-hydrogen) atoms. The lowest BCUT2D eigenvalue weighted by Crippen LogP contribution is -2.68. The predicted octanol–water partition coefficient (Wildman–Crippen LogP) is 16.1. The van der Waals surface area contributed by atoms with Gasteiger partial charge in [0, 0.05) is 42.0 Å². The molecule has 0 fully saturated rings. The van der Waals surface area contributed by atoms with E-state index < -0.39 is 38.1 Å². The van der Waals surface area contributed by atoms with Crippen molar-refractivity contribution in [3.8, 4) is 11.5 Å². The van der Waals surface area contributed by atoms with Crippen molar-refractivity contribution >= 4 is 68.8 Å². The number of hydrogen-bond donors (Lipinski definition) is 1. The summed E-state index contributed by atoms with van der Waals surface area (Å²) in [6.07, 6.45) is 0.528. The highest BCUT2D eigenvalue weighted by Gasteiger charge is 2.67. The Kier molecular flexibility index (Phi) is 18.9. The van der Waals surface area contributed by atoms with Gasteiger partial charge in [-0.05, 0) is 142 Å². The Morgan fingerprint density at radius 1 is 0.566 bits per heavy atom. The lowest BCUT2D eigenvalue weighted by molar-refractivity contribution is -0.384. The zero-order chi connectivity index (χ0) is 56.3. The molecule has 2 N–H and O–H groups in total. The molecule has 19 heteroatoms. The SMILES string of the molecule is CCN(CCOC(=O)C(C)(C(C)(C)N)C(C)(C)C(C)(C)C(C)(CC(C)(C)C)C(=O)OC)c1ccc(N=Nc2cc(OC)c(N=Nc3ccc(N=Nc4ccc(N=Nc5ccc([N+](=O)[O-])cc5)cc4)cc3)cc2OC)cc1. The molecule has 5 aromatic carbocycles. The molecular weight excluding hydrogens is 967 g/mol. The van der Waals surface area contributed by atoms with Crippen molar-refractivity contribution < 1.29 is 33.5 Å². The Balaban J connectivity index is 1.21. The van der Waals surface area contributed by atoms with Crippen molar-refractivity contribution in [3.05, 3.63) is 119 Å². The second-order valence-electron chi connectivity index (χ2n) is 21.7. The van der Waals surface area contributed by atoms with Crippen molar-refractivity contribution in [2.24, 2.45) is 73.7 Å². The van der Waals surface area contributed by atoms with E-state index in [0.29, 0.717) is 76.5 Å². The molecule has 2 atom stereocenters. The highest BCUT2D eigenvalue weighted by Crippen LogP contribution is 2.64. The van der Waals surface area contributed by atoms with Crippen LogP contribution in [-0.4, -0.2) is 63.4 Å². The normalized spacial score (nSPS) is 14.2. The number of nitrogens with two attached hydrogens (primary N) is 1. The zero-order valence-electron chi connectivity index (χ0n) is 46.5. The summed E-state index contributed by atoms with van der Waals surface area (Å²) in [5.74, 6) is 0.0419. The van der Waals surface area contributed by atoms with Gasteiger partial charge in [0.15, 0.2) is 0 Å². The number of esters is 2. The van der Waals surface area contributed by atoms with E-state index in [4.69, 9.17) is 24.7 Å². The molecular formula is C57H73N11O8. The van der Waals surface area contributed by atoms with Crippen LogP contribution < -0.4 is 20.1 Å². The van der Waals surface area contributed by atoms with E-state index in [-0.39, 0.29) is 23.7 Å². The minimum Gasteiger partial charge on any atom is -0.494 e. The van der Waals surface area contributed by atoms with E-state index in [1.54, 1.807) is 60.7 Å². The van der Waals surface area contributed by atoms with Gasteiger partial charge in [0.1, 0.15) is 29.5 Å². The molecule has 404 valence electrons. The number of nitrogens with zero attached hydrogens (tertiary/aromatic N) is 10. The molecule has 0 aromatic heterocycles. The molecule has 2 unspecified atom stereocenters. The summed E-state index contributed by atoms with van der Waals surface area (Å²) in [7, 11) is 4.46. The molecule has 5 aromatic rings. The second-order valence-corrected chi connectivity index (χ2v) is 21.7. The van der Waals surface area contributed by atoms with Gasteiger partial charge >= 0.3 is 11.9 Å². The van der Waals surface area contributed by atoms with Crippen molar-refractivity contribution in [1.82, 2.24) is 0 Å². The fraction of sp³-hybridized carbons (Fsp3) is 0.439. The molecule has 0 spiro atoms. The van der Waals surface area contributed by atoms with E-state index in [1.165, 1.54) is 45.6 Å². The van der Waals surface area contributed by atoms with Crippen LogP contribution in [0.1, 0.15) is 89.5 Å². The Labute approximate surface area is 446 Å². The van der Waals surface area contributed by atoms with Gasteiger partial charge in [-0.2, -0.15) is 30.7 Å². The van der Waals surface area contributed by atoms with Crippen LogP contribution in [0.4, 0.5) is 56.9 Å². The van der Waals surface area contributed by atoms with Gasteiger partial charge in [-0.15, -0.1) is 10.2 Å². The molecule has 19 nitrogen and oxygen atoms in total. The van der Waals surface area contributed by atoms with Gasteiger partial charge < -0.3 is 29.6 Å². The molecule has 0 aliphatic heterocycles. The first-order chi connectivity index (χ1) is 35.6. The molecule has 0 aliphatic rings. The van der Waals surface area contributed by atoms with E-state index in [9.17, 15) is 19.7 Å². The van der Waals surface area contributed by atoms with Crippen LogP contribution in [0.3, 0.4) is 0 Å². The number of methoxy groups -OCH3 is 3. The Morgan fingerprint density at radius 2 is 0.934 bits per heavy atom. The fourth-order valence-corrected chi connectivity index (χ4v) is 9.35. The first-order valence-electron chi connectivity index (χ1n) is 24.9. The number of hydrogen-bond acceptors (Lipinski definition) is 18. The summed E-state index contributed by atoms with van der Waals surface area (Å²) in [4.78, 5) is 40.7. The first kappa shape index (κ1) is 59.1. The number of non-ortho nitro benzene ring substituents is 1. The lowest BCUT2D eigenvalue weighted by atomic mass is 9.42. The number of carbonyl (C=O) groups is 2. The van der Waals surface area contributed by atoms with E-state index in [0.717, 1.165) is 5.69 Å². The van der Waals surface area contributed by atoms with Gasteiger partial charge in [-0.3, -0.25) is 19.7 Å². The third-order valence-corrected chi connectivity index (χ3v) is 14.9. The third-order valence-electron chi connectivity index (χ3n) is 14.9. The minimum atomic E-state index is -1.24. The Hall–Kier alpha value is -7.80. The van der Waals surface area contributed by atoms with Gasteiger partial charge in [0.2, 0.25) is 0 Å². The van der Waals surface area contributed by atoms with E-state index in [1.807, 2.05) is 86.6 Å². The largest absolute Gasteiger partial charge is 0.494 e. The summed E-state index contributed by atoms with van der Waals surface area (Å²) in [5.41, 5.74) is 6.95. The third kappa shape index (κ3) is 13.5. The monoisotopic (exact) mass is 1040 g/mol. The second kappa shape index (κ2) is 24.3. The number of rotatable bonds is 23. The fourth-order valence-electron chi connectivity index (χ4n) is 9.35. The highest BCUT2D eigenvalue weighted by atomic mass is 16.6. The summed E-state index contributed by atoms with van der Waals surface area (Å²) in [5, 5.41) is 45.5. The number of benzene rings is 5. The quantitative estimate of drug-likeness (QED) is 0.0281. The van der Waals surface area contributed by atoms with Gasteiger partial charge in [0.25, 0.3) is 5.69 Å². The van der Waals surface area contributed by atoms with Crippen molar-refractivity contribution in [2.75, 3.05) is 45.9 Å².